The second-order valence-electron chi connectivity index (χ2n) is 12.7. The number of benzene rings is 7. The van der Waals surface area contributed by atoms with Gasteiger partial charge >= 0.3 is 0 Å². The van der Waals surface area contributed by atoms with Crippen LogP contribution in [0.2, 0.25) is 0 Å². The molecule has 2 aromatic heterocycles. The molecule has 0 saturated heterocycles. The standard InChI is InChI=1S/C45H30N4O/c1-3-13-29(14-4-1)31-17-11-18-32(27-31)44-46-43(30-15-5-2-6-16-30)47-45(48-44)33-25-26-40-36(28-33)42-39(23-12-24-41(42)50-40)49-37-21-9-7-19-34(37)35-20-8-10-22-38(35)49/h1-28,43H,(H,46,47,48). The minimum Gasteiger partial charge on any atom is -0.456 e. The number of nitrogens with zero attached hydrogens (tertiary/aromatic N) is 3. The number of aromatic nitrogens is 1. The fraction of sp³-hybridized carbons (Fsp3) is 0.0222. The van der Waals surface area contributed by atoms with E-state index in [0.29, 0.717) is 5.84 Å². The number of para-hydroxylation sites is 2. The lowest BCUT2D eigenvalue weighted by Gasteiger charge is -2.24. The van der Waals surface area contributed by atoms with E-state index in [1.165, 1.54) is 10.8 Å². The van der Waals surface area contributed by atoms with Crippen molar-refractivity contribution in [1.29, 1.82) is 0 Å². The highest BCUT2D eigenvalue weighted by molar-refractivity contribution is 6.18. The topological polar surface area (TPSA) is 54.8 Å². The molecule has 1 aliphatic heterocycles. The molecule has 3 heterocycles. The Morgan fingerprint density at radius 3 is 1.94 bits per heavy atom. The maximum Gasteiger partial charge on any atom is 0.159 e. The molecular formula is C45H30N4O. The quantitative estimate of drug-likeness (QED) is 0.203. The maximum atomic E-state index is 6.50. The van der Waals surface area contributed by atoms with Crippen LogP contribution in [-0.2, 0) is 0 Å². The molecule has 0 aliphatic carbocycles. The van der Waals surface area contributed by atoms with Crippen molar-refractivity contribution in [1.82, 2.24) is 9.88 Å². The zero-order valence-electron chi connectivity index (χ0n) is 27.0. The number of furan rings is 1. The number of fused-ring (bicyclic) bond motifs is 6. The Morgan fingerprint density at radius 2 is 1.16 bits per heavy atom. The van der Waals surface area contributed by atoms with Crippen LogP contribution in [-0.4, -0.2) is 16.2 Å². The summed E-state index contributed by atoms with van der Waals surface area (Å²) in [6.45, 7) is 0. The lowest BCUT2D eigenvalue weighted by atomic mass is 10.0. The Bertz CT molecular complexity index is 2740. The minimum absolute atomic E-state index is 0.302. The molecule has 7 aromatic carbocycles. The Morgan fingerprint density at radius 1 is 0.500 bits per heavy atom. The zero-order valence-corrected chi connectivity index (χ0v) is 27.0. The number of hydrogen-bond acceptors (Lipinski definition) is 4. The molecule has 1 unspecified atom stereocenters. The van der Waals surface area contributed by atoms with Gasteiger partial charge in [-0.05, 0) is 65.2 Å². The molecule has 0 amide bonds. The molecule has 5 nitrogen and oxygen atoms in total. The molecule has 50 heavy (non-hydrogen) atoms. The number of hydrogen-bond donors (Lipinski definition) is 1. The van der Waals surface area contributed by atoms with E-state index in [0.717, 1.165) is 72.3 Å². The summed E-state index contributed by atoms with van der Waals surface area (Å²) in [7, 11) is 0. The first-order chi connectivity index (χ1) is 24.8. The third-order valence-electron chi connectivity index (χ3n) is 9.65. The molecule has 0 spiro atoms. The second-order valence-corrected chi connectivity index (χ2v) is 12.7. The van der Waals surface area contributed by atoms with Crippen molar-refractivity contribution in [3.63, 3.8) is 0 Å². The summed E-state index contributed by atoms with van der Waals surface area (Å²) in [5, 5.41) is 8.21. The summed E-state index contributed by atoms with van der Waals surface area (Å²) in [5.41, 5.74) is 10.4. The summed E-state index contributed by atoms with van der Waals surface area (Å²) in [5.74, 6) is 1.45. The number of rotatable bonds is 5. The SMILES string of the molecule is c1ccc(-c2cccc(C3=NC(c4ccccc4)NC(c4ccc5oc6cccc(-n7c8ccccc8c8ccccc87)c6c5c4)=N3)c2)cc1. The summed E-state index contributed by atoms with van der Waals surface area (Å²) in [6.07, 6.45) is -0.302. The van der Waals surface area contributed by atoms with Gasteiger partial charge in [0.1, 0.15) is 23.2 Å². The average Bonchev–Trinajstić information content (AvgIpc) is 3.74. The van der Waals surface area contributed by atoms with Gasteiger partial charge in [-0.1, -0.05) is 121 Å². The van der Waals surface area contributed by atoms with Crippen LogP contribution in [0.4, 0.5) is 0 Å². The third-order valence-corrected chi connectivity index (χ3v) is 9.65. The first-order valence-corrected chi connectivity index (χ1v) is 16.9. The van der Waals surface area contributed by atoms with Crippen molar-refractivity contribution in [2.24, 2.45) is 9.98 Å². The van der Waals surface area contributed by atoms with Crippen molar-refractivity contribution in [3.05, 3.63) is 187 Å². The van der Waals surface area contributed by atoms with E-state index in [4.69, 9.17) is 14.4 Å². The number of aliphatic imine (C=N–C) groups is 2. The van der Waals surface area contributed by atoms with Crippen LogP contribution in [0, 0.1) is 0 Å². The molecule has 0 fully saturated rings. The van der Waals surface area contributed by atoms with E-state index < -0.39 is 0 Å². The lowest BCUT2D eigenvalue weighted by molar-refractivity contribution is 0.668. The number of amidine groups is 2. The smallest absolute Gasteiger partial charge is 0.159 e. The van der Waals surface area contributed by atoms with E-state index in [9.17, 15) is 0 Å². The van der Waals surface area contributed by atoms with Gasteiger partial charge in [0.05, 0.1) is 22.1 Å². The van der Waals surface area contributed by atoms with E-state index in [-0.39, 0.29) is 6.17 Å². The van der Waals surface area contributed by atoms with Gasteiger partial charge in [0.15, 0.2) is 5.84 Å². The highest BCUT2D eigenvalue weighted by Gasteiger charge is 2.23. The molecule has 1 aliphatic rings. The lowest BCUT2D eigenvalue weighted by Crippen LogP contribution is -2.33. The molecule has 1 N–H and O–H groups in total. The zero-order chi connectivity index (χ0) is 33.0. The predicted molar refractivity (Wildman–Crippen MR) is 205 cm³/mol. The van der Waals surface area contributed by atoms with Crippen LogP contribution in [0.25, 0.3) is 60.6 Å². The van der Waals surface area contributed by atoms with Crippen molar-refractivity contribution in [2.75, 3.05) is 0 Å². The molecule has 1 atom stereocenters. The summed E-state index contributed by atoms with van der Waals surface area (Å²) in [4.78, 5) is 10.3. The maximum absolute atomic E-state index is 6.50. The van der Waals surface area contributed by atoms with Gasteiger partial charge in [0.2, 0.25) is 0 Å². The van der Waals surface area contributed by atoms with Crippen LogP contribution in [0.3, 0.4) is 0 Å². The molecule has 0 saturated carbocycles. The van der Waals surface area contributed by atoms with Gasteiger partial charge in [-0.25, -0.2) is 9.98 Å². The van der Waals surface area contributed by atoms with E-state index >= 15 is 0 Å². The molecule has 0 bridgehead atoms. The fourth-order valence-electron chi connectivity index (χ4n) is 7.32. The average molecular weight is 643 g/mol. The molecule has 0 radical (unpaired) electrons. The van der Waals surface area contributed by atoms with E-state index in [1.54, 1.807) is 0 Å². The summed E-state index contributed by atoms with van der Waals surface area (Å²) < 4.78 is 8.86. The van der Waals surface area contributed by atoms with E-state index in [2.05, 4.69) is 155 Å². The normalized spacial score (nSPS) is 14.6. The Labute approximate surface area is 288 Å². The van der Waals surface area contributed by atoms with Crippen molar-refractivity contribution in [2.45, 2.75) is 6.17 Å². The van der Waals surface area contributed by atoms with Crippen LogP contribution in [0.5, 0.6) is 0 Å². The van der Waals surface area contributed by atoms with Gasteiger partial charge < -0.3 is 14.3 Å². The third kappa shape index (κ3) is 4.63. The first-order valence-electron chi connectivity index (χ1n) is 16.9. The summed E-state index contributed by atoms with van der Waals surface area (Å²) in [6, 6.07) is 59.1. The predicted octanol–water partition coefficient (Wildman–Crippen LogP) is 10.8. The van der Waals surface area contributed by atoms with Gasteiger partial charge in [-0.15, -0.1) is 0 Å². The van der Waals surface area contributed by atoms with Crippen LogP contribution in [0.15, 0.2) is 184 Å². The molecular weight excluding hydrogens is 613 g/mol. The van der Waals surface area contributed by atoms with Crippen LogP contribution in [0.1, 0.15) is 22.9 Å². The Kier molecular flexibility index (Phi) is 6.49. The largest absolute Gasteiger partial charge is 0.456 e. The molecule has 5 heteroatoms. The van der Waals surface area contributed by atoms with Gasteiger partial charge in [-0.2, -0.15) is 0 Å². The van der Waals surface area contributed by atoms with Crippen LogP contribution < -0.4 is 5.32 Å². The first kappa shape index (κ1) is 28.3. The second kappa shape index (κ2) is 11.5. The Hall–Kier alpha value is -6.72. The van der Waals surface area contributed by atoms with Gasteiger partial charge in [-0.3, -0.25) is 0 Å². The highest BCUT2D eigenvalue weighted by Crippen LogP contribution is 2.39. The Balaban J connectivity index is 1.15. The number of nitrogens with one attached hydrogen (secondary N) is 1. The molecule has 236 valence electrons. The van der Waals surface area contributed by atoms with Crippen molar-refractivity contribution >= 4 is 55.4 Å². The summed E-state index contributed by atoms with van der Waals surface area (Å²) >= 11 is 0. The fourth-order valence-corrected chi connectivity index (χ4v) is 7.32. The monoisotopic (exact) mass is 642 g/mol. The minimum atomic E-state index is -0.302. The van der Waals surface area contributed by atoms with E-state index in [1.807, 2.05) is 24.3 Å². The molecule has 10 rings (SSSR count). The van der Waals surface area contributed by atoms with Gasteiger partial charge in [0, 0.05) is 27.3 Å². The molecule has 9 aromatic rings. The van der Waals surface area contributed by atoms with Crippen molar-refractivity contribution in [3.8, 4) is 16.8 Å². The van der Waals surface area contributed by atoms with Crippen LogP contribution >= 0.6 is 0 Å². The van der Waals surface area contributed by atoms with Gasteiger partial charge in [0.25, 0.3) is 0 Å². The van der Waals surface area contributed by atoms with Crippen molar-refractivity contribution < 1.29 is 4.42 Å². The highest BCUT2D eigenvalue weighted by atomic mass is 16.3.